The molecule has 1 aliphatic heterocycles. The molecule has 1 heterocycles. The van der Waals surface area contributed by atoms with Crippen LogP contribution in [0.4, 0.5) is 4.79 Å². The minimum Gasteiger partial charge on any atom is -0.375 e. The predicted molar refractivity (Wildman–Crippen MR) is 92.7 cm³/mol. The number of amides is 2. The van der Waals surface area contributed by atoms with Crippen molar-refractivity contribution in [1.29, 1.82) is 0 Å². The molecule has 0 bridgehead atoms. The van der Waals surface area contributed by atoms with Gasteiger partial charge in [0.15, 0.2) is 0 Å². The molecule has 1 N–H and O–H groups in total. The standard InChI is InChI=1S/C16H23ClN2O2S/c1-21-15(13-4-3-5-14(17)8-13)9-18-16(20)19-7-6-12(10-19)11-22-2/h3-5,8,12,15H,6-7,9-11H2,1-2H3,(H,18,20)/t12-,15+/m0/s1. The molecule has 2 amide bonds. The van der Waals surface area contributed by atoms with Crippen molar-refractivity contribution in [2.24, 2.45) is 5.92 Å². The van der Waals surface area contributed by atoms with Gasteiger partial charge in [0.25, 0.3) is 0 Å². The zero-order chi connectivity index (χ0) is 15.9. The fraction of sp³-hybridized carbons (Fsp3) is 0.562. The Hall–Kier alpha value is -0.910. The van der Waals surface area contributed by atoms with Crippen molar-refractivity contribution in [3.63, 3.8) is 0 Å². The van der Waals surface area contributed by atoms with E-state index in [1.165, 1.54) is 0 Å². The third-order valence-electron chi connectivity index (χ3n) is 3.92. The molecule has 1 fully saturated rings. The lowest BCUT2D eigenvalue weighted by molar-refractivity contribution is 0.102. The quantitative estimate of drug-likeness (QED) is 0.861. The number of urea groups is 1. The van der Waals surface area contributed by atoms with E-state index in [0.717, 1.165) is 30.8 Å². The first-order chi connectivity index (χ1) is 10.6. The molecule has 2 rings (SSSR count). The van der Waals surface area contributed by atoms with Crippen LogP contribution in [0.15, 0.2) is 24.3 Å². The maximum atomic E-state index is 12.2. The Kier molecular flexibility index (Phi) is 6.86. The molecule has 0 spiro atoms. The maximum Gasteiger partial charge on any atom is 0.317 e. The molecule has 1 saturated heterocycles. The number of benzene rings is 1. The van der Waals surface area contributed by atoms with Gasteiger partial charge in [0, 0.05) is 31.8 Å². The Morgan fingerprint density at radius 3 is 3.09 bits per heavy atom. The Morgan fingerprint density at radius 2 is 2.41 bits per heavy atom. The summed E-state index contributed by atoms with van der Waals surface area (Å²) in [5, 5.41) is 3.64. The van der Waals surface area contributed by atoms with E-state index in [4.69, 9.17) is 16.3 Å². The Labute approximate surface area is 141 Å². The number of likely N-dealkylation sites (tertiary alicyclic amines) is 1. The third-order valence-corrected chi connectivity index (χ3v) is 4.96. The van der Waals surface area contributed by atoms with Crippen LogP contribution in [0, 0.1) is 5.92 Å². The second-order valence-electron chi connectivity index (χ2n) is 5.52. The number of hydrogen-bond donors (Lipinski definition) is 1. The van der Waals surface area contributed by atoms with Crippen LogP contribution in [-0.2, 0) is 4.74 Å². The number of nitrogens with zero attached hydrogens (tertiary/aromatic N) is 1. The van der Waals surface area contributed by atoms with Crippen LogP contribution in [0.1, 0.15) is 18.1 Å². The van der Waals surface area contributed by atoms with Crippen molar-refractivity contribution >= 4 is 29.4 Å². The summed E-state index contributed by atoms with van der Waals surface area (Å²) >= 11 is 7.85. The summed E-state index contributed by atoms with van der Waals surface area (Å²) in [6, 6.07) is 7.53. The Bertz CT molecular complexity index is 501. The molecule has 6 heteroatoms. The lowest BCUT2D eigenvalue weighted by atomic mass is 10.1. The van der Waals surface area contributed by atoms with E-state index in [0.29, 0.717) is 17.5 Å². The zero-order valence-electron chi connectivity index (χ0n) is 13.0. The molecule has 0 aliphatic carbocycles. The van der Waals surface area contributed by atoms with Gasteiger partial charge in [-0.05, 0) is 42.0 Å². The van der Waals surface area contributed by atoms with Crippen molar-refractivity contribution in [2.75, 3.05) is 38.8 Å². The average Bonchev–Trinajstić information content (AvgIpc) is 2.97. The Balaban J connectivity index is 1.84. The summed E-state index contributed by atoms with van der Waals surface area (Å²) in [6.07, 6.45) is 3.01. The highest BCUT2D eigenvalue weighted by Crippen LogP contribution is 2.21. The number of ether oxygens (including phenoxy) is 1. The first kappa shape index (κ1) is 17.4. The van der Waals surface area contributed by atoms with E-state index in [-0.39, 0.29) is 12.1 Å². The number of thioether (sulfide) groups is 1. The SMILES string of the molecule is CO[C@H](CNC(=O)N1CC[C@H](CSC)C1)c1cccc(Cl)c1. The van der Waals surface area contributed by atoms with Gasteiger partial charge in [-0.15, -0.1) is 0 Å². The summed E-state index contributed by atoms with van der Waals surface area (Å²) in [4.78, 5) is 14.1. The smallest absolute Gasteiger partial charge is 0.317 e. The van der Waals surface area contributed by atoms with Gasteiger partial charge in [-0.2, -0.15) is 11.8 Å². The molecule has 0 aromatic heterocycles. The highest BCUT2D eigenvalue weighted by atomic mass is 35.5. The molecular weight excluding hydrogens is 320 g/mol. The largest absolute Gasteiger partial charge is 0.375 e. The second kappa shape index (κ2) is 8.65. The summed E-state index contributed by atoms with van der Waals surface area (Å²) in [5.41, 5.74) is 0.969. The van der Waals surface area contributed by atoms with Gasteiger partial charge < -0.3 is 15.0 Å². The first-order valence-corrected chi connectivity index (χ1v) is 9.21. The number of methoxy groups -OCH3 is 1. The molecule has 1 aromatic rings. The molecule has 2 atom stereocenters. The van der Waals surface area contributed by atoms with Crippen molar-refractivity contribution in [2.45, 2.75) is 12.5 Å². The third kappa shape index (κ3) is 4.80. The molecule has 0 radical (unpaired) electrons. The molecule has 1 aromatic carbocycles. The summed E-state index contributed by atoms with van der Waals surface area (Å²) in [7, 11) is 1.64. The monoisotopic (exact) mass is 342 g/mol. The number of nitrogens with one attached hydrogen (secondary N) is 1. The van der Waals surface area contributed by atoms with Crippen molar-refractivity contribution in [1.82, 2.24) is 10.2 Å². The van der Waals surface area contributed by atoms with Gasteiger partial charge in [0.1, 0.15) is 0 Å². The minimum absolute atomic E-state index is 0.00678. The topological polar surface area (TPSA) is 41.6 Å². The van der Waals surface area contributed by atoms with Gasteiger partial charge in [0.05, 0.1) is 6.10 Å². The highest BCUT2D eigenvalue weighted by molar-refractivity contribution is 7.98. The fourth-order valence-electron chi connectivity index (χ4n) is 2.72. The van der Waals surface area contributed by atoms with E-state index >= 15 is 0 Å². The average molecular weight is 343 g/mol. The number of hydrogen-bond acceptors (Lipinski definition) is 3. The molecule has 22 heavy (non-hydrogen) atoms. The number of carbonyl (C=O) groups is 1. The zero-order valence-corrected chi connectivity index (χ0v) is 14.6. The van der Waals surface area contributed by atoms with Crippen LogP contribution >= 0.6 is 23.4 Å². The van der Waals surface area contributed by atoms with Gasteiger partial charge >= 0.3 is 6.03 Å². The summed E-state index contributed by atoms with van der Waals surface area (Å²) in [6.45, 7) is 2.13. The van der Waals surface area contributed by atoms with Gasteiger partial charge in [-0.1, -0.05) is 23.7 Å². The number of rotatable bonds is 6. The van der Waals surface area contributed by atoms with Crippen molar-refractivity contribution in [3.05, 3.63) is 34.9 Å². The normalized spacial score (nSPS) is 19.2. The van der Waals surface area contributed by atoms with Gasteiger partial charge in [-0.3, -0.25) is 0 Å². The van der Waals surface area contributed by atoms with Crippen LogP contribution in [0.2, 0.25) is 5.02 Å². The molecule has 4 nitrogen and oxygen atoms in total. The lowest BCUT2D eigenvalue weighted by Gasteiger charge is -2.21. The molecule has 0 saturated carbocycles. The first-order valence-electron chi connectivity index (χ1n) is 7.44. The molecule has 0 unspecified atom stereocenters. The van der Waals surface area contributed by atoms with E-state index < -0.39 is 0 Å². The van der Waals surface area contributed by atoms with Crippen LogP contribution in [-0.4, -0.2) is 49.7 Å². The Morgan fingerprint density at radius 1 is 1.59 bits per heavy atom. The van der Waals surface area contributed by atoms with Crippen LogP contribution < -0.4 is 5.32 Å². The van der Waals surface area contributed by atoms with Crippen LogP contribution in [0.25, 0.3) is 0 Å². The maximum absolute atomic E-state index is 12.2. The molecular formula is C16H23ClN2O2S. The van der Waals surface area contributed by atoms with E-state index in [1.807, 2.05) is 40.9 Å². The number of carbonyl (C=O) groups excluding carboxylic acids is 1. The minimum atomic E-state index is -0.188. The number of halogens is 1. The van der Waals surface area contributed by atoms with Gasteiger partial charge in [0.2, 0.25) is 0 Å². The van der Waals surface area contributed by atoms with E-state index in [2.05, 4.69) is 11.6 Å². The van der Waals surface area contributed by atoms with Crippen molar-refractivity contribution < 1.29 is 9.53 Å². The molecule has 122 valence electrons. The van der Waals surface area contributed by atoms with E-state index in [1.54, 1.807) is 7.11 Å². The summed E-state index contributed by atoms with van der Waals surface area (Å²) < 4.78 is 5.47. The second-order valence-corrected chi connectivity index (χ2v) is 6.87. The fourth-order valence-corrected chi connectivity index (χ4v) is 3.67. The summed E-state index contributed by atoms with van der Waals surface area (Å²) in [5.74, 6) is 1.74. The molecule has 1 aliphatic rings. The predicted octanol–water partition coefficient (Wildman–Crippen LogP) is 3.42. The van der Waals surface area contributed by atoms with Crippen LogP contribution in [0.5, 0.6) is 0 Å². The van der Waals surface area contributed by atoms with E-state index in [9.17, 15) is 4.79 Å². The van der Waals surface area contributed by atoms with Gasteiger partial charge in [-0.25, -0.2) is 4.79 Å². The highest BCUT2D eigenvalue weighted by Gasteiger charge is 2.26. The van der Waals surface area contributed by atoms with Crippen molar-refractivity contribution in [3.8, 4) is 0 Å². The van der Waals surface area contributed by atoms with Crippen LogP contribution in [0.3, 0.4) is 0 Å². The lowest BCUT2D eigenvalue weighted by Crippen LogP contribution is -2.40.